The van der Waals surface area contributed by atoms with E-state index in [-0.39, 0.29) is 185 Å². The van der Waals surface area contributed by atoms with Gasteiger partial charge in [-0.25, -0.2) is 4.79 Å². The van der Waals surface area contributed by atoms with Gasteiger partial charge in [-0.3, -0.25) is 18.2 Å². The van der Waals surface area contributed by atoms with Crippen LogP contribution >= 0.6 is 0 Å². The number of methoxy groups -OCH3 is 2. The van der Waals surface area contributed by atoms with Gasteiger partial charge in [-0.2, -0.15) is 43.9 Å². The molecule has 29 heteroatoms. The molecule has 0 aliphatic heterocycles. The van der Waals surface area contributed by atoms with Crippen molar-refractivity contribution in [3.05, 3.63) is 96.1 Å². The molecule has 0 fully saturated rings. The second-order valence-corrected chi connectivity index (χ2v) is 18.9. The molecule has 0 unspecified atom stereocenters. The summed E-state index contributed by atoms with van der Waals surface area (Å²) in [5.41, 5.74) is 1.16. The Bertz CT molecular complexity index is 3180. The molecule has 2 amide bonds. The van der Waals surface area contributed by atoms with Gasteiger partial charge >= 0.3 is 6.03 Å². The van der Waals surface area contributed by atoms with E-state index in [1.54, 1.807) is 13.8 Å². The molecular formula is C37H32N6Na4O15S4. The van der Waals surface area contributed by atoms with Crippen molar-refractivity contribution in [2.45, 2.75) is 33.4 Å². The minimum absolute atomic E-state index is 0. The monoisotopic (exact) mass is 1020 g/mol. The second kappa shape index (κ2) is 23.4. The Labute approximate surface area is 466 Å². The minimum atomic E-state index is -4.73. The van der Waals surface area contributed by atoms with Crippen LogP contribution in [-0.4, -0.2) is 190 Å². The second-order valence-electron chi connectivity index (χ2n) is 13.2. The third kappa shape index (κ3) is 14.3. The van der Waals surface area contributed by atoms with Crippen LogP contribution in [0.1, 0.15) is 11.1 Å². The molecule has 66 heavy (non-hydrogen) atoms. The third-order valence-corrected chi connectivity index (χ3v) is 12.4. The molecule has 0 heterocycles. The molecule has 6 rings (SSSR count). The molecule has 0 saturated carbocycles. The number of hydrogen-bond acceptors (Lipinski definition) is 15. The van der Waals surface area contributed by atoms with Gasteiger partial charge in [0.05, 0.1) is 67.9 Å². The van der Waals surface area contributed by atoms with Gasteiger partial charge in [-0.15, -0.1) is 10.2 Å². The Balaban J connectivity index is 0.00000374. The number of amides is 2. The topological polar surface area (TPSA) is 327 Å². The van der Waals surface area contributed by atoms with Crippen molar-refractivity contribution in [2.75, 3.05) is 24.9 Å². The average Bonchev–Trinajstić information content (AvgIpc) is 3.18. The Morgan fingerprint density at radius 3 is 1.08 bits per heavy atom. The number of carbonyl (C=O) groups excluding carboxylic acids is 1. The molecule has 0 aliphatic rings. The number of carbonyl (C=O) groups is 1. The summed E-state index contributed by atoms with van der Waals surface area (Å²) < 4.78 is 145. The predicted octanol–water partition coefficient (Wildman–Crippen LogP) is 6.57. The number of nitrogens with one attached hydrogen (secondary N) is 2. The van der Waals surface area contributed by atoms with E-state index >= 15 is 0 Å². The van der Waals surface area contributed by atoms with Gasteiger partial charge in [0.25, 0.3) is 40.5 Å². The number of azo groups is 2. The molecule has 0 aromatic heterocycles. The van der Waals surface area contributed by atoms with E-state index in [1.165, 1.54) is 50.6 Å². The van der Waals surface area contributed by atoms with Crippen molar-refractivity contribution >= 4 is 220 Å². The first kappa shape index (κ1) is 59.7. The predicted molar refractivity (Wildman–Crippen MR) is 247 cm³/mol. The zero-order valence-electron chi connectivity index (χ0n) is 36.3. The zero-order chi connectivity index (χ0) is 45.5. The molecule has 4 radical (unpaired) electrons. The quantitative estimate of drug-likeness (QED) is 0.0429. The smallest absolute Gasteiger partial charge is 0.323 e. The van der Waals surface area contributed by atoms with Crippen LogP contribution in [0.2, 0.25) is 0 Å². The van der Waals surface area contributed by atoms with Crippen LogP contribution in [0.15, 0.2) is 125 Å². The number of anilines is 2. The SMILES string of the molecule is COc1cc(N=Nc2cc(S(=O)(=O)O)cc3ccc(S(=O)(=O)O)cc23)c(C)cc1NC(=O)Nc1cc(C)c(N=Nc2cc(S(=O)(=O)O)cc3ccc(S(=O)(=O)O)cc23)cc1OC.[Na].[Na].[Na].[Na]. The summed E-state index contributed by atoms with van der Waals surface area (Å²) in [6.07, 6.45) is 0. The van der Waals surface area contributed by atoms with E-state index < -0.39 is 66.1 Å². The fraction of sp³-hybridized carbons (Fsp3) is 0.108. The van der Waals surface area contributed by atoms with Crippen LogP contribution in [0.3, 0.4) is 0 Å². The fourth-order valence-corrected chi connectivity index (χ4v) is 8.05. The van der Waals surface area contributed by atoms with Crippen LogP contribution in [-0.2, 0) is 40.5 Å². The van der Waals surface area contributed by atoms with Crippen molar-refractivity contribution in [3.63, 3.8) is 0 Å². The van der Waals surface area contributed by atoms with Crippen LogP contribution in [0.5, 0.6) is 11.5 Å². The van der Waals surface area contributed by atoms with Gasteiger partial charge in [0.1, 0.15) is 11.5 Å². The average molecular weight is 1020 g/mol. The van der Waals surface area contributed by atoms with Gasteiger partial charge in [0.15, 0.2) is 0 Å². The summed E-state index contributed by atoms with van der Waals surface area (Å²) in [5.74, 6) is 0.191. The van der Waals surface area contributed by atoms with Gasteiger partial charge < -0.3 is 20.1 Å². The minimum Gasteiger partial charge on any atom is -0.494 e. The van der Waals surface area contributed by atoms with Crippen LogP contribution < -0.4 is 20.1 Å². The summed E-state index contributed by atoms with van der Waals surface area (Å²) in [7, 11) is -16.2. The summed E-state index contributed by atoms with van der Waals surface area (Å²) in [5, 5.41) is 22.4. The van der Waals surface area contributed by atoms with Gasteiger partial charge in [0, 0.05) is 141 Å². The number of fused-ring (bicyclic) bond motifs is 2. The maximum atomic E-state index is 13.3. The van der Waals surface area contributed by atoms with E-state index in [1.807, 2.05) is 0 Å². The summed E-state index contributed by atoms with van der Waals surface area (Å²) in [6, 6.07) is 15.7. The van der Waals surface area contributed by atoms with E-state index in [0.29, 0.717) is 11.1 Å². The number of ether oxygens (including phenoxy) is 2. The van der Waals surface area contributed by atoms with Crippen molar-refractivity contribution in [3.8, 4) is 11.5 Å². The molecule has 328 valence electrons. The van der Waals surface area contributed by atoms with Crippen molar-refractivity contribution in [1.82, 2.24) is 0 Å². The first-order chi connectivity index (χ1) is 28.8. The normalized spacial score (nSPS) is 11.9. The molecule has 21 nitrogen and oxygen atoms in total. The molecular weight excluding hydrogens is 989 g/mol. The number of rotatable bonds is 12. The number of urea groups is 1. The Hall–Kier alpha value is -2.45. The van der Waals surface area contributed by atoms with Crippen molar-refractivity contribution in [2.24, 2.45) is 20.5 Å². The Kier molecular flexibility index (Phi) is 21.2. The zero-order valence-corrected chi connectivity index (χ0v) is 47.6. The molecule has 0 aliphatic carbocycles. The maximum Gasteiger partial charge on any atom is 0.323 e. The van der Waals surface area contributed by atoms with E-state index in [4.69, 9.17) is 9.47 Å². The Morgan fingerprint density at radius 1 is 0.455 bits per heavy atom. The van der Waals surface area contributed by atoms with Gasteiger partial charge in [-0.1, -0.05) is 12.1 Å². The van der Waals surface area contributed by atoms with Crippen LogP contribution in [0.4, 0.5) is 38.9 Å². The third-order valence-electron chi connectivity index (χ3n) is 9.01. The van der Waals surface area contributed by atoms with E-state index in [9.17, 15) is 56.7 Å². The first-order valence-electron chi connectivity index (χ1n) is 17.2. The summed E-state index contributed by atoms with van der Waals surface area (Å²) in [6.45, 7) is 3.21. The maximum absolute atomic E-state index is 13.3. The summed E-state index contributed by atoms with van der Waals surface area (Å²) >= 11 is 0. The van der Waals surface area contributed by atoms with Crippen molar-refractivity contribution < 1.29 is 66.2 Å². The van der Waals surface area contributed by atoms with E-state index in [0.717, 1.165) is 48.5 Å². The molecule has 0 saturated heterocycles. The van der Waals surface area contributed by atoms with Gasteiger partial charge in [-0.05, 0) is 96.4 Å². The van der Waals surface area contributed by atoms with Crippen LogP contribution in [0.25, 0.3) is 21.5 Å². The molecule has 0 atom stereocenters. The standard InChI is InChI=1S/C37H32N6O15S4.4Na/c1-19-9-33(35(57-3)17-29(19)40-42-31-15-25(61(51,52)53)11-21-5-7-23(13-27(21)31)59(45,46)47)38-37(44)39-34-10-20(2)30(18-36(34)58-4)41-43-32-16-26(62(54,55)56)12-22-6-8-24(14-28(22)32)60(48,49)50;;;;/h5-18H,1-4H3,(H2,38,39,44)(H,45,46,47)(H,48,49,50)(H,51,52,53)(H,54,55,56);;;;. The molecule has 6 aromatic carbocycles. The molecule has 0 bridgehead atoms. The first-order valence-corrected chi connectivity index (χ1v) is 23.0. The number of benzene rings is 6. The molecule has 6 aromatic rings. The van der Waals surface area contributed by atoms with Crippen molar-refractivity contribution in [1.29, 1.82) is 0 Å². The van der Waals surface area contributed by atoms with Gasteiger partial charge in [0.2, 0.25) is 0 Å². The number of nitrogens with zero attached hydrogens (tertiary/aromatic N) is 4. The van der Waals surface area contributed by atoms with Crippen LogP contribution in [0, 0.1) is 13.8 Å². The molecule has 6 N–H and O–H groups in total. The Morgan fingerprint density at radius 2 is 0.773 bits per heavy atom. The summed E-state index contributed by atoms with van der Waals surface area (Å²) in [4.78, 5) is 11.2. The largest absolute Gasteiger partial charge is 0.494 e. The molecule has 0 spiro atoms. The number of aryl methyl sites for hydroxylation is 2. The number of hydrogen-bond donors (Lipinski definition) is 6. The fourth-order valence-electron chi connectivity index (χ4n) is 5.96. The van der Waals surface area contributed by atoms with E-state index in [2.05, 4.69) is 31.1 Å².